The van der Waals surface area contributed by atoms with Gasteiger partial charge in [-0.15, -0.1) is 0 Å². The van der Waals surface area contributed by atoms with E-state index in [1.807, 2.05) is 0 Å². The Morgan fingerprint density at radius 3 is 2.70 bits per heavy atom. The summed E-state index contributed by atoms with van der Waals surface area (Å²) >= 11 is 0. The molecular weight excluding hydrogens is 270 g/mol. The second kappa shape index (κ2) is 5.38. The van der Waals surface area contributed by atoms with Gasteiger partial charge in [0, 0.05) is 18.4 Å². The third-order valence-electron chi connectivity index (χ3n) is 2.86. The zero-order valence-corrected chi connectivity index (χ0v) is 10.6. The zero-order valence-electron chi connectivity index (χ0n) is 10.6. The highest BCUT2D eigenvalue weighted by Crippen LogP contribution is 2.22. The molecule has 5 nitrogen and oxygen atoms in total. The van der Waals surface area contributed by atoms with Gasteiger partial charge in [0.2, 0.25) is 0 Å². The van der Waals surface area contributed by atoms with Crippen LogP contribution in [0, 0.1) is 18.6 Å². The van der Waals surface area contributed by atoms with Gasteiger partial charge in [0.25, 0.3) is 0 Å². The van der Waals surface area contributed by atoms with Crippen LogP contribution in [0.5, 0.6) is 0 Å². The SMILES string of the molecule is Cc1ccc(F)c(-n2cc(CCO)c(C(=O)O)n2)c1F. The normalized spacial score (nSPS) is 10.8. The number of benzene rings is 1. The summed E-state index contributed by atoms with van der Waals surface area (Å²) in [5.41, 5.74) is -0.339. The van der Waals surface area contributed by atoms with Crippen LogP contribution in [0.3, 0.4) is 0 Å². The van der Waals surface area contributed by atoms with Gasteiger partial charge in [0.1, 0.15) is 5.69 Å². The summed E-state index contributed by atoms with van der Waals surface area (Å²) in [5, 5.41) is 21.6. The summed E-state index contributed by atoms with van der Waals surface area (Å²) in [6.45, 7) is 1.18. The molecule has 20 heavy (non-hydrogen) atoms. The molecule has 2 aromatic rings. The second-order valence-electron chi connectivity index (χ2n) is 4.25. The molecule has 106 valence electrons. The van der Waals surface area contributed by atoms with E-state index in [1.165, 1.54) is 19.2 Å². The molecule has 0 atom stereocenters. The van der Waals surface area contributed by atoms with Gasteiger partial charge in [-0.1, -0.05) is 6.07 Å². The fraction of sp³-hybridized carbons (Fsp3) is 0.231. The highest BCUT2D eigenvalue weighted by atomic mass is 19.1. The zero-order chi connectivity index (χ0) is 14.9. The Morgan fingerprint density at radius 2 is 2.10 bits per heavy atom. The van der Waals surface area contributed by atoms with Crippen molar-refractivity contribution < 1.29 is 23.8 Å². The number of hydrogen-bond donors (Lipinski definition) is 2. The quantitative estimate of drug-likeness (QED) is 0.894. The van der Waals surface area contributed by atoms with Gasteiger partial charge in [-0.3, -0.25) is 0 Å². The molecule has 2 rings (SSSR count). The van der Waals surface area contributed by atoms with E-state index >= 15 is 0 Å². The smallest absolute Gasteiger partial charge is 0.356 e. The number of rotatable bonds is 4. The number of carboxylic acids is 1. The van der Waals surface area contributed by atoms with Crippen molar-refractivity contribution in [2.75, 3.05) is 6.61 Å². The molecule has 7 heteroatoms. The van der Waals surface area contributed by atoms with Crippen LogP contribution in [0.2, 0.25) is 0 Å². The summed E-state index contributed by atoms with van der Waals surface area (Å²) in [5.74, 6) is -2.97. The van der Waals surface area contributed by atoms with Gasteiger partial charge in [0.15, 0.2) is 17.3 Å². The van der Waals surface area contributed by atoms with E-state index in [0.717, 1.165) is 10.7 Å². The minimum Gasteiger partial charge on any atom is -0.476 e. The van der Waals surface area contributed by atoms with Crippen molar-refractivity contribution in [3.63, 3.8) is 0 Å². The van der Waals surface area contributed by atoms with E-state index < -0.39 is 23.3 Å². The largest absolute Gasteiger partial charge is 0.476 e. The predicted molar refractivity (Wildman–Crippen MR) is 66.0 cm³/mol. The van der Waals surface area contributed by atoms with Crippen molar-refractivity contribution in [2.24, 2.45) is 0 Å². The molecule has 0 unspecified atom stereocenters. The fourth-order valence-electron chi connectivity index (χ4n) is 1.86. The standard InChI is InChI=1S/C13H12F2N2O3/c1-7-2-3-9(14)12(10(7)15)17-6-8(4-5-18)11(16-17)13(19)20/h2-3,6,18H,4-5H2,1H3,(H,19,20). The van der Waals surface area contributed by atoms with Crippen molar-refractivity contribution in [2.45, 2.75) is 13.3 Å². The second-order valence-corrected chi connectivity index (χ2v) is 4.25. The lowest BCUT2D eigenvalue weighted by Crippen LogP contribution is -2.06. The molecule has 0 aliphatic carbocycles. The van der Waals surface area contributed by atoms with E-state index in [2.05, 4.69) is 5.10 Å². The molecule has 1 aromatic carbocycles. The van der Waals surface area contributed by atoms with Crippen LogP contribution in [-0.4, -0.2) is 32.6 Å². The Bertz CT molecular complexity index is 668. The first kappa shape index (κ1) is 14.1. The average molecular weight is 282 g/mol. The maximum atomic E-state index is 14.0. The first-order valence-corrected chi connectivity index (χ1v) is 5.83. The number of hydrogen-bond acceptors (Lipinski definition) is 3. The molecule has 0 bridgehead atoms. The Hall–Kier alpha value is -2.28. The molecule has 0 saturated carbocycles. The molecule has 0 spiro atoms. The van der Waals surface area contributed by atoms with Gasteiger partial charge >= 0.3 is 5.97 Å². The van der Waals surface area contributed by atoms with Crippen LogP contribution in [-0.2, 0) is 6.42 Å². The summed E-state index contributed by atoms with van der Waals surface area (Å²) in [4.78, 5) is 11.0. The molecule has 0 saturated heterocycles. The Balaban J connectivity index is 2.62. The monoisotopic (exact) mass is 282 g/mol. The minimum atomic E-state index is -1.32. The van der Waals surface area contributed by atoms with Crippen LogP contribution in [0.1, 0.15) is 21.6 Å². The van der Waals surface area contributed by atoms with Crippen molar-refractivity contribution in [3.05, 3.63) is 46.8 Å². The first-order valence-electron chi connectivity index (χ1n) is 5.83. The van der Waals surface area contributed by atoms with E-state index in [1.54, 1.807) is 0 Å². The molecule has 0 fully saturated rings. The van der Waals surface area contributed by atoms with Gasteiger partial charge in [-0.25, -0.2) is 18.3 Å². The van der Waals surface area contributed by atoms with Gasteiger partial charge in [-0.05, 0) is 25.0 Å². The number of aliphatic hydroxyl groups is 1. The molecule has 1 heterocycles. The fourth-order valence-corrected chi connectivity index (χ4v) is 1.86. The van der Waals surface area contributed by atoms with Crippen LogP contribution in [0.15, 0.2) is 18.3 Å². The molecule has 0 radical (unpaired) electrons. The number of nitrogens with zero attached hydrogens (tertiary/aromatic N) is 2. The number of carboxylic acid groups (broad SMARTS) is 1. The van der Waals surface area contributed by atoms with Crippen molar-refractivity contribution >= 4 is 5.97 Å². The third-order valence-corrected chi connectivity index (χ3v) is 2.86. The number of halogens is 2. The predicted octanol–water partition coefficient (Wildman–Crippen LogP) is 1.69. The highest BCUT2D eigenvalue weighted by molar-refractivity contribution is 5.87. The molecule has 2 N–H and O–H groups in total. The van der Waals surface area contributed by atoms with Crippen LogP contribution < -0.4 is 0 Å². The summed E-state index contributed by atoms with van der Waals surface area (Å²) in [7, 11) is 0. The Labute approximate surface area is 113 Å². The lowest BCUT2D eigenvalue weighted by molar-refractivity contribution is 0.0688. The van der Waals surface area contributed by atoms with Crippen molar-refractivity contribution in [1.82, 2.24) is 9.78 Å². The number of aliphatic hydroxyl groups excluding tert-OH is 1. The molecule has 1 aromatic heterocycles. The van der Waals surface area contributed by atoms with E-state index in [0.29, 0.717) is 0 Å². The van der Waals surface area contributed by atoms with Gasteiger partial charge in [-0.2, -0.15) is 5.10 Å². The number of carbonyl (C=O) groups is 1. The molecule has 0 amide bonds. The van der Waals surface area contributed by atoms with Gasteiger partial charge < -0.3 is 10.2 Å². The van der Waals surface area contributed by atoms with E-state index in [-0.39, 0.29) is 29.8 Å². The number of aromatic carboxylic acids is 1. The molecular formula is C13H12F2N2O3. The van der Waals surface area contributed by atoms with Crippen LogP contribution >= 0.6 is 0 Å². The highest BCUT2D eigenvalue weighted by Gasteiger charge is 2.20. The average Bonchev–Trinajstić information content (AvgIpc) is 2.79. The van der Waals surface area contributed by atoms with E-state index in [4.69, 9.17) is 10.2 Å². The van der Waals surface area contributed by atoms with E-state index in [9.17, 15) is 13.6 Å². The Morgan fingerprint density at radius 1 is 1.40 bits per heavy atom. The van der Waals surface area contributed by atoms with Gasteiger partial charge in [0.05, 0.1) is 0 Å². The van der Waals surface area contributed by atoms with Crippen molar-refractivity contribution in [3.8, 4) is 5.69 Å². The maximum absolute atomic E-state index is 14.0. The number of aryl methyl sites for hydroxylation is 1. The molecule has 0 aliphatic heterocycles. The topological polar surface area (TPSA) is 75.4 Å². The Kier molecular flexibility index (Phi) is 3.80. The first-order chi connectivity index (χ1) is 9.45. The lowest BCUT2D eigenvalue weighted by atomic mass is 10.2. The summed E-state index contributed by atoms with van der Waals surface area (Å²) < 4.78 is 28.6. The lowest BCUT2D eigenvalue weighted by Gasteiger charge is -2.06. The minimum absolute atomic E-state index is 0.0384. The number of aromatic nitrogens is 2. The maximum Gasteiger partial charge on any atom is 0.356 e. The van der Waals surface area contributed by atoms with Crippen molar-refractivity contribution in [1.29, 1.82) is 0 Å². The van der Waals surface area contributed by atoms with Crippen LogP contribution in [0.25, 0.3) is 5.69 Å². The summed E-state index contributed by atoms with van der Waals surface area (Å²) in [6.07, 6.45) is 1.25. The van der Waals surface area contributed by atoms with Crippen LogP contribution in [0.4, 0.5) is 8.78 Å². The molecule has 0 aliphatic rings. The summed E-state index contributed by atoms with van der Waals surface area (Å²) in [6, 6.07) is 2.37. The third kappa shape index (κ3) is 2.39.